The van der Waals surface area contributed by atoms with E-state index in [0.717, 1.165) is 18.6 Å². The molecule has 1 unspecified atom stereocenters. The number of piperidine rings is 1. The Kier molecular flexibility index (Phi) is 4.67. The van der Waals surface area contributed by atoms with E-state index in [0.29, 0.717) is 31.6 Å². The molecule has 0 aromatic heterocycles. The van der Waals surface area contributed by atoms with E-state index in [2.05, 4.69) is 52.7 Å². The molecule has 1 atom stereocenters. The van der Waals surface area contributed by atoms with Crippen LogP contribution in [0, 0.1) is 11.3 Å². The first-order valence-electron chi connectivity index (χ1n) is 10.5. The van der Waals surface area contributed by atoms with Gasteiger partial charge in [-0.3, -0.25) is 4.90 Å². The summed E-state index contributed by atoms with van der Waals surface area (Å²) in [4.78, 5) is 2.41. The first-order chi connectivity index (χ1) is 14.9. The predicted molar refractivity (Wildman–Crippen MR) is 115 cm³/mol. The molecule has 31 heavy (non-hydrogen) atoms. The maximum atomic E-state index is 13.1. The first kappa shape index (κ1) is 19.9. The fourth-order valence-corrected chi connectivity index (χ4v) is 5.07. The van der Waals surface area contributed by atoms with Gasteiger partial charge in [0.2, 0.25) is 0 Å². The fraction of sp³-hybridized carbons (Fsp3) is 0.320. The molecule has 1 saturated heterocycles. The van der Waals surface area contributed by atoms with Gasteiger partial charge in [-0.15, -0.1) is 0 Å². The van der Waals surface area contributed by atoms with Gasteiger partial charge < -0.3 is 5.32 Å². The number of rotatable bonds is 3. The molecule has 1 N–H and O–H groups in total. The molecule has 6 heteroatoms. The van der Waals surface area contributed by atoms with Gasteiger partial charge >= 0.3 is 6.18 Å². The lowest BCUT2D eigenvalue weighted by Gasteiger charge is -2.41. The second-order valence-electron chi connectivity index (χ2n) is 8.52. The highest BCUT2D eigenvalue weighted by molar-refractivity contribution is 5.91. The second-order valence-corrected chi connectivity index (χ2v) is 8.52. The minimum Gasteiger partial charge on any atom is -0.367 e. The normalized spacial score (nSPS) is 20.5. The Labute approximate surface area is 179 Å². The van der Waals surface area contributed by atoms with Crippen LogP contribution in [0.25, 0.3) is 10.8 Å². The number of nitrogens with zero attached hydrogens (tertiary/aromatic N) is 2. The number of likely N-dealkylation sites (tertiary alicyclic amines) is 1. The van der Waals surface area contributed by atoms with Crippen molar-refractivity contribution in [2.45, 2.75) is 37.0 Å². The van der Waals surface area contributed by atoms with Gasteiger partial charge in [0.15, 0.2) is 0 Å². The summed E-state index contributed by atoms with van der Waals surface area (Å²) >= 11 is 0. The van der Waals surface area contributed by atoms with Crippen LogP contribution in [-0.4, -0.2) is 23.5 Å². The average molecular weight is 421 g/mol. The lowest BCUT2D eigenvalue weighted by Crippen LogP contribution is -2.49. The Hall–Kier alpha value is -3.04. The molecule has 1 aliphatic heterocycles. The van der Waals surface area contributed by atoms with E-state index in [-0.39, 0.29) is 6.04 Å². The van der Waals surface area contributed by atoms with Crippen LogP contribution >= 0.6 is 0 Å². The molecule has 3 aromatic rings. The monoisotopic (exact) mass is 421 g/mol. The average Bonchev–Trinajstić information content (AvgIpc) is 3.15. The van der Waals surface area contributed by atoms with Crippen LogP contribution in [0.3, 0.4) is 0 Å². The van der Waals surface area contributed by atoms with Crippen LogP contribution < -0.4 is 5.32 Å². The zero-order valence-electron chi connectivity index (χ0n) is 16.9. The van der Waals surface area contributed by atoms with Gasteiger partial charge in [-0.2, -0.15) is 18.4 Å². The van der Waals surface area contributed by atoms with Crippen LogP contribution in [0.4, 0.5) is 18.9 Å². The number of hydrogen-bond donors (Lipinski definition) is 1. The Morgan fingerprint density at radius 2 is 1.71 bits per heavy atom. The second kappa shape index (κ2) is 7.28. The van der Waals surface area contributed by atoms with Crippen LogP contribution in [-0.2, 0) is 12.6 Å². The standard InChI is InChI=1S/C25H22F3N3/c26-25(27,28)19-7-3-8-20(15-19)30-24(16-29)10-12-31(13-11-24)22-14-18-6-1-4-17-5-2-9-21(22)23(17)18/h1-9,15,22,30H,10-14H2. The summed E-state index contributed by atoms with van der Waals surface area (Å²) in [6, 6.07) is 20.6. The molecule has 0 bridgehead atoms. The number of alkyl halides is 3. The molecule has 5 rings (SSSR count). The quantitative estimate of drug-likeness (QED) is 0.570. The molecule has 1 heterocycles. The highest BCUT2D eigenvalue weighted by Gasteiger charge is 2.39. The molecular formula is C25H22F3N3. The molecule has 3 aromatic carbocycles. The van der Waals surface area contributed by atoms with Gasteiger partial charge in [0.05, 0.1) is 11.6 Å². The number of nitrogens with one attached hydrogen (secondary N) is 1. The van der Waals surface area contributed by atoms with E-state index in [1.807, 2.05) is 0 Å². The number of hydrogen-bond acceptors (Lipinski definition) is 3. The van der Waals surface area contributed by atoms with Crippen molar-refractivity contribution in [3.8, 4) is 6.07 Å². The summed E-state index contributed by atoms with van der Waals surface area (Å²) in [5.41, 5.74) is 1.46. The van der Waals surface area contributed by atoms with E-state index >= 15 is 0 Å². The van der Waals surface area contributed by atoms with Crippen molar-refractivity contribution in [2.75, 3.05) is 18.4 Å². The summed E-state index contributed by atoms with van der Waals surface area (Å²) in [6.07, 6.45) is -2.33. The Morgan fingerprint density at radius 1 is 1.00 bits per heavy atom. The zero-order chi connectivity index (χ0) is 21.6. The van der Waals surface area contributed by atoms with E-state index < -0.39 is 17.3 Å². The van der Waals surface area contributed by atoms with E-state index in [1.165, 1.54) is 28.0 Å². The van der Waals surface area contributed by atoms with Crippen molar-refractivity contribution in [3.63, 3.8) is 0 Å². The van der Waals surface area contributed by atoms with Crippen molar-refractivity contribution in [2.24, 2.45) is 0 Å². The van der Waals surface area contributed by atoms with Crippen molar-refractivity contribution >= 4 is 16.5 Å². The van der Waals surface area contributed by atoms with Crippen molar-refractivity contribution in [1.82, 2.24) is 4.90 Å². The van der Waals surface area contributed by atoms with Crippen molar-refractivity contribution in [1.29, 1.82) is 5.26 Å². The topological polar surface area (TPSA) is 39.1 Å². The highest BCUT2D eigenvalue weighted by Crippen LogP contribution is 2.42. The third kappa shape index (κ3) is 3.53. The van der Waals surface area contributed by atoms with Gasteiger partial charge in [-0.25, -0.2) is 0 Å². The van der Waals surface area contributed by atoms with E-state index in [4.69, 9.17) is 0 Å². The minimum absolute atomic E-state index is 0.284. The summed E-state index contributed by atoms with van der Waals surface area (Å²) in [5, 5.41) is 15.6. The summed E-state index contributed by atoms with van der Waals surface area (Å²) in [7, 11) is 0. The third-order valence-corrected chi connectivity index (χ3v) is 6.68. The van der Waals surface area contributed by atoms with E-state index in [1.54, 1.807) is 6.07 Å². The Balaban J connectivity index is 1.33. The number of anilines is 1. The highest BCUT2D eigenvalue weighted by atomic mass is 19.4. The number of halogens is 3. The third-order valence-electron chi connectivity index (χ3n) is 6.68. The number of benzene rings is 3. The largest absolute Gasteiger partial charge is 0.416 e. The summed E-state index contributed by atoms with van der Waals surface area (Å²) in [6.45, 7) is 1.43. The molecule has 0 spiro atoms. The molecule has 0 radical (unpaired) electrons. The SMILES string of the molecule is N#CC1(Nc2cccc(C(F)(F)F)c2)CCN(C2Cc3cccc4cccc2c34)CC1. The smallest absolute Gasteiger partial charge is 0.367 e. The molecule has 158 valence electrons. The van der Waals surface area contributed by atoms with Gasteiger partial charge in [-0.1, -0.05) is 42.5 Å². The maximum absolute atomic E-state index is 13.1. The predicted octanol–water partition coefficient (Wildman–Crippen LogP) is 5.93. The minimum atomic E-state index is -4.40. The lowest BCUT2D eigenvalue weighted by molar-refractivity contribution is -0.137. The van der Waals surface area contributed by atoms with Crippen LogP contribution in [0.2, 0.25) is 0 Å². The van der Waals surface area contributed by atoms with Crippen LogP contribution in [0.5, 0.6) is 0 Å². The first-order valence-corrected chi connectivity index (χ1v) is 10.5. The van der Waals surface area contributed by atoms with Gasteiger partial charge in [-0.05, 0) is 59.4 Å². The molecule has 2 aliphatic rings. The van der Waals surface area contributed by atoms with Crippen LogP contribution in [0.1, 0.15) is 35.6 Å². The Morgan fingerprint density at radius 3 is 2.42 bits per heavy atom. The lowest BCUT2D eigenvalue weighted by atomic mass is 9.87. The van der Waals surface area contributed by atoms with Crippen LogP contribution in [0.15, 0.2) is 60.7 Å². The van der Waals surface area contributed by atoms with Gasteiger partial charge in [0.1, 0.15) is 5.54 Å². The Bertz CT molecular complexity index is 1170. The number of nitriles is 1. The van der Waals surface area contributed by atoms with E-state index in [9.17, 15) is 18.4 Å². The molecule has 0 saturated carbocycles. The molecule has 1 aliphatic carbocycles. The fourth-order valence-electron chi connectivity index (χ4n) is 5.07. The molecular weight excluding hydrogens is 399 g/mol. The van der Waals surface area contributed by atoms with Crippen molar-refractivity contribution in [3.05, 3.63) is 77.4 Å². The summed E-state index contributed by atoms with van der Waals surface area (Å²) in [5.74, 6) is 0. The zero-order valence-corrected chi connectivity index (χ0v) is 16.9. The van der Waals surface area contributed by atoms with Gasteiger partial charge in [0.25, 0.3) is 0 Å². The molecule has 0 amide bonds. The molecule has 3 nitrogen and oxygen atoms in total. The summed E-state index contributed by atoms with van der Waals surface area (Å²) < 4.78 is 39.2. The van der Waals surface area contributed by atoms with Gasteiger partial charge in [0, 0.05) is 24.8 Å². The maximum Gasteiger partial charge on any atom is 0.416 e. The molecule has 1 fully saturated rings. The van der Waals surface area contributed by atoms with Crippen molar-refractivity contribution < 1.29 is 13.2 Å².